The molecule has 1 aromatic heterocycles. The number of aryl methyl sites for hydroxylation is 1. The normalized spacial score (nSPS) is 28.5. The number of halogens is 1. The Bertz CT molecular complexity index is 544. The van der Waals surface area contributed by atoms with Crippen molar-refractivity contribution in [2.75, 3.05) is 5.88 Å². The predicted molar refractivity (Wildman–Crippen MR) is 78.3 cm³/mol. The lowest BCUT2D eigenvalue weighted by Gasteiger charge is -2.38. The highest BCUT2D eigenvalue weighted by Gasteiger charge is 2.38. The maximum atomic E-state index is 12.4. The van der Waals surface area contributed by atoms with Crippen molar-refractivity contribution in [3.63, 3.8) is 0 Å². The summed E-state index contributed by atoms with van der Waals surface area (Å²) >= 11 is 7.25. The highest BCUT2D eigenvalue weighted by atomic mass is 35.5. The van der Waals surface area contributed by atoms with Crippen LogP contribution in [-0.2, 0) is 10.0 Å². The molecule has 2 rings (SSSR count). The summed E-state index contributed by atoms with van der Waals surface area (Å²) < 4.78 is 27.9. The zero-order valence-electron chi connectivity index (χ0n) is 11.1. The van der Waals surface area contributed by atoms with E-state index >= 15 is 0 Å². The molecule has 19 heavy (non-hydrogen) atoms. The Hall–Kier alpha value is -0.170. The Morgan fingerprint density at radius 3 is 2.89 bits per heavy atom. The fraction of sp³-hybridized carbons (Fsp3) is 0.750. The average Bonchev–Trinajstić information content (AvgIpc) is 2.76. The fourth-order valence-electron chi connectivity index (χ4n) is 2.70. The van der Waals surface area contributed by atoms with Crippen LogP contribution in [0.3, 0.4) is 0 Å². The molecule has 1 fully saturated rings. The van der Waals surface area contributed by atoms with Crippen LogP contribution in [0.4, 0.5) is 0 Å². The Morgan fingerprint density at radius 2 is 2.37 bits per heavy atom. The highest BCUT2D eigenvalue weighted by molar-refractivity contribution is 7.91. The van der Waals surface area contributed by atoms with Crippen LogP contribution >= 0.6 is 22.9 Å². The van der Waals surface area contributed by atoms with E-state index in [1.165, 1.54) is 17.5 Å². The molecule has 0 radical (unpaired) electrons. The molecule has 1 N–H and O–H groups in total. The van der Waals surface area contributed by atoms with Gasteiger partial charge in [-0.3, -0.25) is 0 Å². The zero-order chi connectivity index (χ0) is 14.1. The van der Waals surface area contributed by atoms with Crippen LogP contribution < -0.4 is 4.72 Å². The third kappa shape index (κ3) is 3.48. The van der Waals surface area contributed by atoms with Gasteiger partial charge in [-0.05, 0) is 25.7 Å². The third-order valence-corrected chi connectivity index (χ3v) is 7.03. The van der Waals surface area contributed by atoms with Gasteiger partial charge in [0.15, 0.2) is 4.21 Å². The SMILES string of the molecule is Cc1ncc(S(=O)(=O)NC2(CCl)CCCC(C)C2)s1. The maximum Gasteiger partial charge on any atom is 0.252 e. The van der Waals surface area contributed by atoms with E-state index in [9.17, 15) is 8.42 Å². The minimum Gasteiger partial charge on any atom is -0.249 e. The molecule has 4 nitrogen and oxygen atoms in total. The molecule has 1 aliphatic carbocycles. The van der Waals surface area contributed by atoms with Gasteiger partial charge in [0.2, 0.25) is 0 Å². The first-order chi connectivity index (χ1) is 8.87. The van der Waals surface area contributed by atoms with Crippen LogP contribution in [0.5, 0.6) is 0 Å². The molecule has 0 spiro atoms. The highest BCUT2D eigenvalue weighted by Crippen LogP contribution is 2.34. The second kappa shape index (κ2) is 5.68. The van der Waals surface area contributed by atoms with Gasteiger partial charge in [0.05, 0.1) is 11.2 Å². The number of hydrogen-bond donors (Lipinski definition) is 1. The van der Waals surface area contributed by atoms with Crippen molar-refractivity contribution in [3.8, 4) is 0 Å². The van der Waals surface area contributed by atoms with Gasteiger partial charge in [0.1, 0.15) is 0 Å². The van der Waals surface area contributed by atoms with Gasteiger partial charge < -0.3 is 0 Å². The summed E-state index contributed by atoms with van der Waals surface area (Å²) in [5.74, 6) is 0.812. The van der Waals surface area contributed by atoms with Crippen LogP contribution in [0.25, 0.3) is 0 Å². The molecule has 108 valence electrons. The van der Waals surface area contributed by atoms with Crippen LogP contribution in [0.2, 0.25) is 0 Å². The molecule has 0 saturated heterocycles. The molecule has 1 aromatic rings. The molecular formula is C12H19ClN2O2S2. The Balaban J connectivity index is 2.22. The van der Waals surface area contributed by atoms with Crippen molar-refractivity contribution in [3.05, 3.63) is 11.2 Å². The first kappa shape index (κ1) is 15.2. The van der Waals surface area contributed by atoms with Gasteiger partial charge in [-0.2, -0.15) is 0 Å². The number of alkyl halides is 1. The Kier molecular flexibility index (Phi) is 4.55. The van der Waals surface area contributed by atoms with Crippen LogP contribution in [0.1, 0.15) is 37.6 Å². The molecule has 1 saturated carbocycles. The van der Waals surface area contributed by atoms with Crippen LogP contribution in [0, 0.1) is 12.8 Å². The summed E-state index contributed by atoms with van der Waals surface area (Å²) in [6, 6.07) is 0. The van der Waals surface area contributed by atoms with Crippen molar-refractivity contribution in [2.45, 2.75) is 49.3 Å². The molecule has 7 heteroatoms. The Morgan fingerprint density at radius 1 is 1.63 bits per heavy atom. The van der Waals surface area contributed by atoms with E-state index in [1.807, 2.05) is 0 Å². The fourth-order valence-corrected chi connectivity index (χ4v) is 5.64. The first-order valence-electron chi connectivity index (χ1n) is 6.39. The maximum absolute atomic E-state index is 12.4. The quantitative estimate of drug-likeness (QED) is 0.867. The molecule has 0 amide bonds. The summed E-state index contributed by atoms with van der Waals surface area (Å²) in [5.41, 5.74) is -0.504. The largest absolute Gasteiger partial charge is 0.252 e. The Labute approximate surface area is 123 Å². The van der Waals surface area contributed by atoms with E-state index in [1.54, 1.807) is 6.92 Å². The molecule has 1 heterocycles. The predicted octanol–water partition coefficient (Wildman–Crippen LogP) is 2.92. The summed E-state index contributed by atoms with van der Waals surface area (Å²) in [7, 11) is -3.51. The lowest BCUT2D eigenvalue weighted by Crippen LogP contribution is -2.52. The minimum atomic E-state index is -3.51. The summed E-state index contributed by atoms with van der Waals surface area (Å²) in [5, 5.41) is 0.748. The van der Waals surface area contributed by atoms with E-state index in [0.717, 1.165) is 30.7 Å². The number of hydrogen-bond acceptors (Lipinski definition) is 4. The number of nitrogens with one attached hydrogen (secondary N) is 1. The molecule has 0 bridgehead atoms. The topological polar surface area (TPSA) is 59.1 Å². The van der Waals surface area contributed by atoms with Gasteiger partial charge in [-0.15, -0.1) is 22.9 Å². The van der Waals surface area contributed by atoms with Gasteiger partial charge in [-0.1, -0.05) is 19.8 Å². The smallest absolute Gasteiger partial charge is 0.249 e. The second-order valence-corrected chi connectivity index (χ2v) is 8.83. The van der Waals surface area contributed by atoms with E-state index < -0.39 is 15.6 Å². The number of rotatable bonds is 4. The van der Waals surface area contributed by atoms with Crippen molar-refractivity contribution >= 4 is 33.0 Å². The molecule has 0 aromatic carbocycles. The van der Waals surface area contributed by atoms with Crippen LogP contribution in [0.15, 0.2) is 10.4 Å². The molecule has 2 unspecified atom stereocenters. The average molecular weight is 323 g/mol. The number of nitrogens with zero attached hydrogens (tertiary/aromatic N) is 1. The minimum absolute atomic E-state index is 0.271. The summed E-state index contributed by atoms with van der Waals surface area (Å²) in [6.45, 7) is 3.94. The van der Waals surface area contributed by atoms with Crippen molar-refractivity contribution in [2.24, 2.45) is 5.92 Å². The second-order valence-electron chi connectivity index (χ2n) is 5.42. The van der Waals surface area contributed by atoms with Gasteiger partial charge in [0.25, 0.3) is 10.0 Å². The van der Waals surface area contributed by atoms with Crippen molar-refractivity contribution in [1.29, 1.82) is 0 Å². The van der Waals surface area contributed by atoms with E-state index in [4.69, 9.17) is 11.6 Å². The first-order valence-corrected chi connectivity index (χ1v) is 9.23. The third-order valence-electron chi connectivity index (χ3n) is 3.56. The van der Waals surface area contributed by atoms with E-state index in [0.29, 0.717) is 11.8 Å². The van der Waals surface area contributed by atoms with Gasteiger partial charge in [-0.25, -0.2) is 18.1 Å². The number of aromatic nitrogens is 1. The van der Waals surface area contributed by atoms with Crippen molar-refractivity contribution < 1.29 is 8.42 Å². The van der Waals surface area contributed by atoms with Crippen LogP contribution in [-0.4, -0.2) is 24.8 Å². The van der Waals surface area contributed by atoms with E-state index in [2.05, 4.69) is 16.6 Å². The number of sulfonamides is 1. The van der Waals surface area contributed by atoms with E-state index in [-0.39, 0.29) is 4.21 Å². The molecule has 1 aliphatic rings. The molecule has 2 atom stereocenters. The summed E-state index contributed by atoms with van der Waals surface area (Å²) in [4.78, 5) is 4.01. The molecular weight excluding hydrogens is 304 g/mol. The van der Waals surface area contributed by atoms with Gasteiger partial charge in [0, 0.05) is 11.4 Å². The monoisotopic (exact) mass is 322 g/mol. The summed E-state index contributed by atoms with van der Waals surface area (Å²) in [6.07, 6.45) is 5.17. The molecule has 0 aliphatic heterocycles. The lowest BCUT2D eigenvalue weighted by atomic mass is 9.78. The zero-order valence-corrected chi connectivity index (χ0v) is 13.5. The lowest BCUT2D eigenvalue weighted by molar-refractivity contribution is 0.239. The van der Waals surface area contributed by atoms with Gasteiger partial charge >= 0.3 is 0 Å². The standard InChI is InChI=1S/C12H19ClN2O2S2/c1-9-4-3-5-12(6-9,8-13)15-19(16,17)11-7-14-10(2)18-11/h7,9,15H,3-6,8H2,1-2H3. The number of thiazole rings is 1. The van der Waals surface area contributed by atoms with Crippen molar-refractivity contribution in [1.82, 2.24) is 9.71 Å².